The van der Waals surface area contributed by atoms with E-state index in [0.717, 1.165) is 13.1 Å². The number of alkyl halides is 2. The first-order valence-electron chi connectivity index (χ1n) is 3.39. The Labute approximate surface area is 71.4 Å². The number of halogens is 3. The summed E-state index contributed by atoms with van der Waals surface area (Å²) in [5, 5.41) is 3.03. The van der Waals surface area contributed by atoms with Crippen LogP contribution in [0.5, 0.6) is 0 Å². The summed E-state index contributed by atoms with van der Waals surface area (Å²) in [5.41, 5.74) is 0. The summed E-state index contributed by atoms with van der Waals surface area (Å²) in [6.07, 6.45) is -2.20. The zero-order valence-corrected chi connectivity index (χ0v) is 7.20. The Morgan fingerprint density at radius 2 is 2.09 bits per heavy atom. The summed E-state index contributed by atoms with van der Waals surface area (Å²) >= 11 is 0. The van der Waals surface area contributed by atoms with Crippen LogP contribution < -0.4 is 5.32 Å². The largest absolute Gasteiger partial charge is 0.314 e. The van der Waals surface area contributed by atoms with Crippen molar-refractivity contribution in [1.82, 2.24) is 10.2 Å². The summed E-state index contributed by atoms with van der Waals surface area (Å²) in [7, 11) is 1.73. The molecule has 68 valence electrons. The number of likely N-dealkylation sites (N-methyl/N-ethyl adjacent to an activating group) is 1. The lowest BCUT2D eigenvalue weighted by atomic mass is 10.1. The van der Waals surface area contributed by atoms with Crippen LogP contribution in [-0.4, -0.2) is 44.0 Å². The van der Waals surface area contributed by atoms with E-state index in [1.165, 1.54) is 0 Å². The van der Waals surface area contributed by atoms with Gasteiger partial charge in [0.15, 0.2) is 0 Å². The molecule has 5 heteroatoms. The second-order valence-electron chi connectivity index (χ2n) is 2.64. The van der Waals surface area contributed by atoms with E-state index in [2.05, 4.69) is 5.32 Å². The fourth-order valence-corrected chi connectivity index (χ4v) is 0.952. The maximum Gasteiger partial charge on any atom is 0.251 e. The van der Waals surface area contributed by atoms with Gasteiger partial charge in [0.2, 0.25) is 0 Å². The maximum absolute atomic E-state index is 11.7. The lowest BCUT2D eigenvalue weighted by Crippen LogP contribution is -2.56. The van der Waals surface area contributed by atoms with Crippen LogP contribution in [-0.2, 0) is 0 Å². The van der Waals surface area contributed by atoms with Crippen molar-refractivity contribution >= 4 is 12.4 Å². The van der Waals surface area contributed by atoms with E-state index in [-0.39, 0.29) is 19.0 Å². The zero-order valence-electron chi connectivity index (χ0n) is 6.39. The highest BCUT2D eigenvalue weighted by Crippen LogP contribution is 2.04. The molecule has 11 heavy (non-hydrogen) atoms. The van der Waals surface area contributed by atoms with Gasteiger partial charge in [0.05, 0.1) is 6.54 Å². The molecule has 0 bridgehead atoms. The Morgan fingerprint density at radius 3 is 2.36 bits per heavy atom. The number of nitrogens with zero attached hydrogens (tertiary/aromatic N) is 1. The lowest BCUT2D eigenvalue weighted by Gasteiger charge is -2.35. The molecule has 0 unspecified atom stereocenters. The standard InChI is InChI=1S/C6H12F2N2.ClH/c1-10(4-6(7)8)5-2-9-3-5;/h5-6,9H,2-4H2,1H3;1H. The number of nitrogens with one attached hydrogen (secondary N) is 1. The van der Waals surface area contributed by atoms with Gasteiger partial charge >= 0.3 is 0 Å². The van der Waals surface area contributed by atoms with Crippen LogP contribution in [0, 0.1) is 0 Å². The van der Waals surface area contributed by atoms with Crippen LogP contribution in [0.25, 0.3) is 0 Å². The molecule has 2 nitrogen and oxygen atoms in total. The molecule has 0 aliphatic carbocycles. The van der Waals surface area contributed by atoms with Crippen LogP contribution in [0.4, 0.5) is 8.78 Å². The first-order chi connectivity index (χ1) is 4.70. The van der Waals surface area contributed by atoms with Crippen LogP contribution in [0.1, 0.15) is 0 Å². The second kappa shape index (κ2) is 4.85. The average Bonchev–Trinajstić information content (AvgIpc) is 1.55. The molecular formula is C6H13ClF2N2. The molecule has 0 aromatic heterocycles. The molecule has 1 heterocycles. The van der Waals surface area contributed by atoms with E-state index in [1.807, 2.05) is 0 Å². The molecule has 1 N–H and O–H groups in total. The molecule has 0 radical (unpaired) electrons. The van der Waals surface area contributed by atoms with E-state index in [4.69, 9.17) is 0 Å². The van der Waals surface area contributed by atoms with Gasteiger partial charge in [-0.15, -0.1) is 12.4 Å². The molecule has 1 fully saturated rings. The van der Waals surface area contributed by atoms with Crippen molar-refractivity contribution < 1.29 is 8.78 Å². The van der Waals surface area contributed by atoms with Crippen molar-refractivity contribution in [2.45, 2.75) is 12.5 Å². The SMILES string of the molecule is CN(CC(F)F)C1CNC1.Cl. The predicted octanol–water partition coefficient (Wildman–Crippen LogP) is 0.577. The molecule has 1 rings (SSSR count). The van der Waals surface area contributed by atoms with Gasteiger partial charge in [-0.3, -0.25) is 4.90 Å². The van der Waals surface area contributed by atoms with Crippen molar-refractivity contribution in [3.63, 3.8) is 0 Å². The Kier molecular flexibility index (Phi) is 4.88. The van der Waals surface area contributed by atoms with Gasteiger partial charge in [-0.2, -0.15) is 0 Å². The van der Waals surface area contributed by atoms with Crippen molar-refractivity contribution in [3.05, 3.63) is 0 Å². The first kappa shape index (κ1) is 11.1. The average molecular weight is 187 g/mol. The molecule has 1 saturated heterocycles. The van der Waals surface area contributed by atoms with Gasteiger partial charge < -0.3 is 5.32 Å². The number of rotatable bonds is 3. The topological polar surface area (TPSA) is 15.3 Å². The van der Waals surface area contributed by atoms with Gasteiger partial charge in [0, 0.05) is 19.1 Å². The van der Waals surface area contributed by atoms with E-state index in [0.29, 0.717) is 6.04 Å². The third-order valence-electron chi connectivity index (χ3n) is 1.81. The van der Waals surface area contributed by atoms with Crippen LogP contribution in [0.15, 0.2) is 0 Å². The Hall–Kier alpha value is 0.0700. The molecule has 1 aliphatic heterocycles. The molecular weight excluding hydrogens is 174 g/mol. The third-order valence-corrected chi connectivity index (χ3v) is 1.81. The predicted molar refractivity (Wildman–Crippen MR) is 42.5 cm³/mol. The van der Waals surface area contributed by atoms with Gasteiger partial charge in [0.25, 0.3) is 6.43 Å². The normalized spacial score (nSPS) is 18.3. The fraction of sp³-hybridized carbons (Fsp3) is 1.00. The van der Waals surface area contributed by atoms with Crippen molar-refractivity contribution in [2.75, 3.05) is 26.7 Å². The monoisotopic (exact) mass is 186 g/mol. The van der Waals surface area contributed by atoms with Gasteiger partial charge in [-0.25, -0.2) is 8.78 Å². The summed E-state index contributed by atoms with van der Waals surface area (Å²) in [5.74, 6) is 0. The highest BCUT2D eigenvalue weighted by Gasteiger charge is 2.22. The van der Waals surface area contributed by atoms with Gasteiger partial charge in [-0.1, -0.05) is 0 Å². The molecule has 0 atom stereocenters. The van der Waals surface area contributed by atoms with Crippen LogP contribution in [0.2, 0.25) is 0 Å². The Bertz CT molecular complexity index is 109. The molecule has 1 aliphatic rings. The Balaban J connectivity index is 0.000001000. The molecule has 0 spiro atoms. The maximum atomic E-state index is 11.7. The smallest absolute Gasteiger partial charge is 0.251 e. The minimum Gasteiger partial charge on any atom is -0.314 e. The third kappa shape index (κ3) is 3.31. The Morgan fingerprint density at radius 1 is 1.55 bits per heavy atom. The van der Waals surface area contributed by atoms with E-state index in [9.17, 15) is 8.78 Å². The summed E-state index contributed by atoms with van der Waals surface area (Å²) in [4.78, 5) is 1.70. The minimum atomic E-state index is -2.20. The van der Waals surface area contributed by atoms with E-state index < -0.39 is 6.43 Å². The van der Waals surface area contributed by atoms with E-state index >= 15 is 0 Å². The molecule has 0 aromatic rings. The first-order valence-corrected chi connectivity index (χ1v) is 3.39. The minimum absolute atomic E-state index is 0. The quantitative estimate of drug-likeness (QED) is 0.694. The second-order valence-corrected chi connectivity index (χ2v) is 2.64. The summed E-state index contributed by atoms with van der Waals surface area (Å²) in [6.45, 7) is 1.60. The number of hydrogen-bond acceptors (Lipinski definition) is 2. The van der Waals surface area contributed by atoms with Crippen molar-refractivity contribution in [1.29, 1.82) is 0 Å². The molecule has 0 aromatic carbocycles. The lowest BCUT2D eigenvalue weighted by molar-refractivity contribution is 0.0668. The highest BCUT2D eigenvalue weighted by atomic mass is 35.5. The summed E-state index contributed by atoms with van der Waals surface area (Å²) in [6, 6.07) is 0.328. The summed E-state index contributed by atoms with van der Waals surface area (Å²) < 4.78 is 23.5. The molecule has 0 saturated carbocycles. The van der Waals surface area contributed by atoms with Crippen molar-refractivity contribution in [2.24, 2.45) is 0 Å². The highest BCUT2D eigenvalue weighted by molar-refractivity contribution is 5.85. The van der Waals surface area contributed by atoms with E-state index in [1.54, 1.807) is 11.9 Å². The fourth-order valence-electron chi connectivity index (χ4n) is 0.952. The number of hydrogen-bond donors (Lipinski definition) is 1. The van der Waals surface area contributed by atoms with Crippen LogP contribution >= 0.6 is 12.4 Å². The van der Waals surface area contributed by atoms with Crippen molar-refractivity contribution in [3.8, 4) is 0 Å². The van der Waals surface area contributed by atoms with Gasteiger partial charge in [0.1, 0.15) is 0 Å². The zero-order chi connectivity index (χ0) is 7.56. The van der Waals surface area contributed by atoms with Gasteiger partial charge in [-0.05, 0) is 7.05 Å². The molecule has 0 amide bonds. The van der Waals surface area contributed by atoms with Crippen LogP contribution in [0.3, 0.4) is 0 Å².